The van der Waals surface area contributed by atoms with E-state index in [1.54, 1.807) is 31.4 Å². The molecule has 10 heteroatoms. The number of carbonyl (C=O) groups is 1. The molecule has 148 valence electrons. The molecule has 2 N–H and O–H groups in total. The van der Waals surface area contributed by atoms with E-state index in [4.69, 9.17) is 9.47 Å². The minimum Gasteiger partial charge on any atom is -0.497 e. The number of nitrogens with one attached hydrogen (secondary N) is 2. The van der Waals surface area contributed by atoms with Gasteiger partial charge in [-0.25, -0.2) is 5.43 Å². The number of rotatable bonds is 7. The number of amides is 1. The lowest BCUT2D eigenvalue weighted by Gasteiger charge is -2.08. The molecular formula is C19H17N5O5. The summed E-state index contributed by atoms with van der Waals surface area (Å²) in [7, 11) is 3.09. The molecule has 0 saturated carbocycles. The van der Waals surface area contributed by atoms with Crippen LogP contribution in [0.4, 0.5) is 5.69 Å². The zero-order valence-electron chi connectivity index (χ0n) is 15.6. The van der Waals surface area contributed by atoms with Crippen LogP contribution in [0.2, 0.25) is 0 Å². The Labute approximate surface area is 165 Å². The molecule has 0 fully saturated rings. The normalized spacial score (nSPS) is 10.7. The molecule has 0 saturated heterocycles. The van der Waals surface area contributed by atoms with Crippen LogP contribution in [-0.4, -0.2) is 41.5 Å². The van der Waals surface area contributed by atoms with Crippen LogP contribution in [0.25, 0.3) is 11.3 Å². The Morgan fingerprint density at radius 3 is 2.59 bits per heavy atom. The largest absolute Gasteiger partial charge is 0.497 e. The maximum absolute atomic E-state index is 12.2. The lowest BCUT2D eigenvalue weighted by atomic mass is 10.1. The van der Waals surface area contributed by atoms with Crippen LogP contribution in [0.3, 0.4) is 0 Å². The van der Waals surface area contributed by atoms with E-state index < -0.39 is 10.8 Å². The number of hydrazone groups is 1. The van der Waals surface area contributed by atoms with Gasteiger partial charge in [0.15, 0.2) is 0 Å². The number of aromatic amines is 1. The number of hydrogen-bond acceptors (Lipinski definition) is 7. The number of aromatic nitrogens is 2. The Balaban J connectivity index is 1.69. The highest BCUT2D eigenvalue weighted by molar-refractivity contribution is 5.94. The standard InChI is InChI=1S/C19H17N5O5/c1-28-14-7-8-15(18(9-14)29-2)16-10-17(22-21-16)19(25)23-20-11-12-3-5-13(6-4-12)24(26)27/h3-11H,1-2H3,(H,21,22)(H,23,25). The summed E-state index contributed by atoms with van der Waals surface area (Å²) < 4.78 is 10.5. The van der Waals surface area contributed by atoms with Crippen LogP contribution in [0.1, 0.15) is 16.1 Å². The second kappa shape index (κ2) is 8.65. The average molecular weight is 395 g/mol. The molecule has 1 heterocycles. The highest BCUT2D eigenvalue weighted by Gasteiger charge is 2.14. The van der Waals surface area contributed by atoms with Crippen molar-refractivity contribution in [3.8, 4) is 22.8 Å². The number of benzene rings is 2. The van der Waals surface area contributed by atoms with E-state index in [0.29, 0.717) is 28.3 Å². The van der Waals surface area contributed by atoms with Gasteiger partial charge in [0.2, 0.25) is 0 Å². The molecule has 1 amide bonds. The van der Waals surface area contributed by atoms with E-state index in [2.05, 4.69) is 20.7 Å². The number of ether oxygens (including phenoxy) is 2. The highest BCUT2D eigenvalue weighted by Crippen LogP contribution is 2.32. The Morgan fingerprint density at radius 1 is 1.17 bits per heavy atom. The van der Waals surface area contributed by atoms with Gasteiger partial charge in [0.05, 0.1) is 31.1 Å². The quantitative estimate of drug-likeness (QED) is 0.359. The molecule has 3 rings (SSSR count). The monoisotopic (exact) mass is 395 g/mol. The molecule has 0 spiro atoms. The maximum Gasteiger partial charge on any atom is 0.289 e. The average Bonchev–Trinajstić information content (AvgIpc) is 3.23. The number of hydrogen-bond donors (Lipinski definition) is 2. The number of methoxy groups -OCH3 is 2. The molecule has 1 aromatic heterocycles. The van der Waals surface area contributed by atoms with Crippen LogP contribution in [0, 0.1) is 10.1 Å². The zero-order chi connectivity index (χ0) is 20.8. The second-order valence-corrected chi connectivity index (χ2v) is 5.78. The van der Waals surface area contributed by atoms with Gasteiger partial charge in [-0.15, -0.1) is 0 Å². The number of nitro benzene ring substituents is 1. The van der Waals surface area contributed by atoms with Gasteiger partial charge in [-0.3, -0.25) is 20.0 Å². The Kier molecular flexibility index (Phi) is 5.83. The van der Waals surface area contributed by atoms with Crippen molar-refractivity contribution in [2.24, 2.45) is 5.10 Å². The Hall–Kier alpha value is -4.21. The molecule has 0 atom stereocenters. The van der Waals surface area contributed by atoms with Crippen molar-refractivity contribution >= 4 is 17.8 Å². The number of non-ortho nitro benzene ring substituents is 1. The lowest BCUT2D eigenvalue weighted by Crippen LogP contribution is -2.17. The number of nitrogens with zero attached hydrogens (tertiary/aromatic N) is 3. The minimum atomic E-state index is -0.491. The fourth-order valence-electron chi connectivity index (χ4n) is 2.49. The predicted molar refractivity (Wildman–Crippen MR) is 105 cm³/mol. The van der Waals surface area contributed by atoms with Gasteiger partial charge in [-0.1, -0.05) is 0 Å². The van der Waals surface area contributed by atoms with Crippen LogP contribution < -0.4 is 14.9 Å². The molecule has 0 aliphatic rings. The van der Waals surface area contributed by atoms with Gasteiger partial charge in [0, 0.05) is 23.8 Å². The molecule has 0 bridgehead atoms. The number of H-pyrrole nitrogens is 1. The summed E-state index contributed by atoms with van der Waals surface area (Å²) in [6.07, 6.45) is 1.38. The van der Waals surface area contributed by atoms with Crippen LogP contribution in [-0.2, 0) is 0 Å². The van der Waals surface area contributed by atoms with Gasteiger partial charge >= 0.3 is 0 Å². The van der Waals surface area contributed by atoms with Crippen molar-refractivity contribution in [1.82, 2.24) is 15.6 Å². The third-order valence-electron chi connectivity index (χ3n) is 3.99. The topological polar surface area (TPSA) is 132 Å². The molecule has 0 radical (unpaired) electrons. The summed E-state index contributed by atoms with van der Waals surface area (Å²) in [5, 5.41) is 21.3. The van der Waals surface area contributed by atoms with Gasteiger partial charge in [0.1, 0.15) is 17.2 Å². The van der Waals surface area contributed by atoms with E-state index in [1.807, 2.05) is 0 Å². The van der Waals surface area contributed by atoms with Crippen LogP contribution in [0.15, 0.2) is 53.6 Å². The van der Waals surface area contributed by atoms with Crippen molar-refractivity contribution in [2.75, 3.05) is 14.2 Å². The maximum atomic E-state index is 12.2. The molecule has 3 aromatic rings. The van der Waals surface area contributed by atoms with Crippen molar-refractivity contribution in [1.29, 1.82) is 0 Å². The van der Waals surface area contributed by atoms with E-state index in [1.165, 1.54) is 37.6 Å². The molecule has 2 aromatic carbocycles. The summed E-state index contributed by atoms with van der Waals surface area (Å²) in [6, 6.07) is 12.6. The van der Waals surface area contributed by atoms with Gasteiger partial charge in [-0.2, -0.15) is 10.2 Å². The zero-order valence-corrected chi connectivity index (χ0v) is 15.6. The van der Waals surface area contributed by atoms with Gasteiger partial charge < -0.3 is 9.47 Å². The highest BCUT2D eigenvalue weighted by atomic mass is 16.6. The Morgan fingerprint density at radius 2 is 1.93 bits per heavy atom. The predicted octanol–water partition coefficient (Wildman–Crippen LogP) is 2.77. The SMILES string of the molecule is COc1ccc(-c2cc(C(=O)NN=Cc3ccc([N+](=O)[O-])cc3)[nH]n2)c(OC)c1. The smallest absolute Gasteiger partial charge is 0.289 e. The molecular weight excluding hydrogens is 378 g/mol. The summed E-state index contributed by atoms with van der Waals surface area (Å²) in [4.78, 5) is 22.4. The third kappa shape index (κ3) is 4.56. The fourth-order valence-corrected chi connectivity index (χ4v) is 2.49. The third-order valence-corrected chi connectivity index (χ3v) is 3.99. The summed E-state index contributed by atoms with van der Waals surface area (Å²) >= 11 is 0. The van der Waals surface area contributed by atoms with Gasteiger partial charge in [-0.05, 0) is 35.9 Å². The summed E-state index contributed by atoms with van der Waals surface area (Å²) in [5.74, 6) is 0.702. The number of carbonyl (C=O) groups excluding carboxylic acids is 1. The summed E-state index contributed by atoms with van der Waals surface area (Å²) in [5.41, 5.74) is 4.37. The van der Waals surface area contributed by atoms with Crippen molar-refractivity contribution < 1.29 is 19.2 Å². The van der Waals surface area contributed by atoms with E-state index >= 15 is 0 Å². The first-order valence-electron chi connectivity index (χ1n) is 8.37. The first-order valence-corrected chi connectivity index (χ1v) is 8.37. The lowest BCUT2D eigenvalue weighted by molar-refractivity contribution is -0.384. The van der Waals surface area contributed by atoms with Crippen LogP contribution in [0.5, 0.6) is 11.5 Å². The number of nitro groups is 1. The van der Waals surface area contributed by atoms with Crippen molar-refractivity contribution in [3.05, 3.63) is 69.9 Å². The first kappa shape index (κ1) is 19.5. The molecule has 0 aliphatic heterocycles. The van der Waals surface area contributed by atoms with E-state index in [9.17, 15) is 14.9 Å². The van der Waals surface area contributed by atoms with Crippen molar-refractivity contribution in [2.45, 2.75) is 0 Å². The molecule has 29 heavy (non-hydrogen) atoms. The van der Waals surface area contributed by atoms with Crippen LogP contribution >= 0.6 is 0 Å². The first-order chi connectivity index (χ1) is 14.0. The van der Waals surface area contributed by atoms with E-state index in [0.717, 1.165) is 0 Å². The fraction of sp³-hybridized carbons (Fsp3) is 0.105. The Bertz CT molecular complexity index is 1060. The molecule has 10 nitrogen and oxygen atoms in total. The molecule has 0 aliphatic carbocycles. The van der Waals surface area contributed by atoms with Gasteiger partial charge in [0.25, 0.3) is 11.6 Å². The van der Waals surface area contributed by atoms with Crippen molar-refractivity contribution in [3.63, 3.8) is 0 Å². The molecule has 0 unspecified atom stereocenters. The summed E-state index contributed by atoms with van der Waals surface area (Å²) in [6.45, 7) is 0. The second-order valence-electron chi connectivity index (χ2n) is 5.78. The minimum absolute atomic E-state index is 0.0230. The van der Waals surface area contributed by atoms with E-state index in [-0.39, 0.29) is 11.4 Å².